The lowest BCUT2D eigenvalue weighted by Gasteiger charge is -2.26. The highest BCUT2D eigenvalue weighted by atomic mass is 16.4. The Bertz CT molecular complexity index is 1370. The Morgan fingerprint density at radius 1 is 0.667 bits per heavy atom. The van der Waals surface area contributed by atoms with Crippen molar-refractivity contribution in [3.05, 3.63) is 35.9 Å². The smallest absolute Gasteiger partial charge is 0.326 e. The first-order valence-corrected chi connectivity index (χ1v) is 16.6. The quantitative estimate of drug-likeness (QED) is 0.0289. The van der Waals surface area contributed by atoms with Crippen LogP contribution in [0.3, 0.4) is 0 Å². The number of aliphatic imine (C=N–C) groups is 2. The number of hydrogen-bond acceptors (Lipinski definition) is 9. The fourth-order valence-corrected chi connectivity index (χ4v) is 4.86. The number of aliphatic carboxylic acids is 1. The van der Waals surface area contributed by atoms with Crippen molar-refractivity contribution in [2.45, 2.75) is 95.4 Å². The lowest BCUT2D eigenvalue weighted by molar-refractivity contribution is -0.142. The lowest BCUT2D eigenvalue weighted by Crippen LogP contribution is -2.58. The summed E-state index contributed by atoms with van der Waals surface area (Å²) in [6.07, 6.45) is 0.241. The van der Waals surface area contributed by atoms with Crippen LogP contribution in [0, 0.1) is 5.92 Å². The van der Waals surface area contributed by atoms with E-state index in [2.05, 4.69) is 31.3 Å². The fourth-order valence-electron chi connectivity index (χ4n) is 4.86. The maximum absolute atomic E-state index is 13.7. The van der Waals surface area contributed by atoms with Gasteiger partial charge in [0, 0.05) is 25.9 Å². The average Bonchev–Trinajstić information content (AvgIpc) is 3.04. The molecule has 19 heteroatoms. The molecule has 0 fully saturated rings. The normalized spacial score (nSPS) is 13.7. The molecule has 0 heterocycles. The predicted molar refractivity (Wildman–Crippen MR) is 191 cm³/mol. The molecule has 0 radical (unpaired) electrons. The summed E-state index contributed by atoms with van der Waals surface area (Å²) < 4.78 is 0. The van der Waals surface area contributed by atoms with Gasteiger partial charge < -0.3 is 60.8 Å². The van der Waals surface area contributed by atoms with Crippen molar-refractivity contribution >= 4 is 47.4 Å². The molecule has 1 aromatic rings. The number of nitrogens with two attached hydrogens (primary N) is 6. The summed E-state index contributed by atoms with van der Waals surface area (Å²) in [6.45, 7) is 4.02. The number of carboxylic acid groups (broad SMARTS) is 1. The maximum Gasteiger partial charge on any atom is 0.326 e. The summed E-state index contributed by atoms with van der Waals surface area (Å²) >= 11 is 0. The number of rotatable bonds is 24. The summed E-state index contributed by atoms with van der Waals surface area (Å²) in [7, 11) is 0. The topological polar surface area (TPSA) is 352 Å². The highest BCUT2D eigenvalue weighted by Gasteiger charge is 2.32. The number of guanidine groups is 2. The minimum Gasteiger partial charge on any atom is -0.480 e. The molecule has 0 saturated heterocycles. The van der Waals surface area contributed by atoms with Crippen molar-refractivity contribution in [1.82, 2.24) is 21.3 Å². The molecule has 0 aromatic heterocycles. The van der Waals surface area contributed by atoms with E-state index in [-0.39, 0.29) is 75.9 Å². The van der Waals surface area contributed by atoms with Crippen LogP contribution in [0.2, 0.25) is 0 Å². The Morgan fingerprint density at radius 2 is 1.10 bits per heavy atom. The van der Waals surface area contributed by atoms with Gasteiger partial charge in [-0.15, -0.1) is 0 Å². The van der Waals surface area contributed by atoms with Crippen LogP contribution in [0.4, 0.5) is 0 Å². The van der Waals surface area contributed by atoms with Gasteiger partial charge in [0.05, 0.1) is 6.04 Å². The zero-order chi connectivity index (χ0) is 38.5. The molecule has 5 amide bonds. The standard InChI is InChI=1S/C32H54N12O7/c1-18(2)16-20(33)26(46)41-21(10-6-14-39-31(35)36)27(47)42-22(11-7-15-40-32(37)38)28(48)43-23(12-13-25(34)45)29(49)44-24(30(50)51)17-19-8-4-3-5-9-19/h3-5,8-9,18,20-24H,6-7,10-17,33H2,1-2H3,(H2,34,45)(H,41,46)(H,42,47)(H,43,48)(H,44,49)(H,50,51)(H4,35,36,39)(H4,37,38,40)/t20-,21-,22-,23-,24-/m0/s1. The number of primary amides is 1. The van der Waals surface area contributed by atoms with Gasteiger partial charge in [0.25, 0.3) is 0 Å². The van der Waals surface area contributed by atoms with Crippen LogP contribution in [0.15, 0.2) is 40.3 Å². The third-order valence-corrected chi connectivity index (χ3v) is 7.43. The molecule has 284 valence electrons. The summed E-state index contributed by atoms with van der Waals surface area (Å²) in [5.41, 5.74) is 33.6. The number of benzene rings is 1. The van der Waals surface area contributed by atoms with Crippen molar-refractivity contribution in [2.24, 2.45) is 50.3 Å². The van der Waals surface area contributed by atoms with Crippen LogP contribution in [0.1, 0.15) is 64.4 Å². The van der Waals surface area contributed by atoms with Gasteiger partial charge in [0.2, 0.25) is 29.5 Å². The zero-order valence-electron chi connectivity index (χ0n) is 29.2. The number of carbonyl (C=O) groups is 6. The first-order chi connectivity index (χ1) is 24.0. The third kappa shape index (κ3) is 18.8. The maximum atomic E-state index is 13.7. The van der Waals surface area contributed by atoms with E-state index in [0.717, 1.165) is 0 Å². The Hall–Kier alpha value is -5.46. The van der Waals surface area contributed by atoms with E-state index >= 15 is 0 Å². The van der Waals surface area contributed by atoms with Gasteiger partial charge in [-0.1, -0.05) is 44.2 Å². The van der Waals surface area contributed by atoms with E-state index in [4.69, 9.17) is 34.4 Å². The van der Waals surface area contributed by atoms with Gasteiger partial charge in [-0.3, -0.25) is 34.0 Å². The van der Waals surface area contributed by atoms with Gasteiger partial charge in [-0.2, -0.15) is 0 Å². The fraction of sp³-hybridized carbons (Fsp3) is 0.562. The van der Waals surface area contributed by atoms with Gasteiger partial charge in [-0.05, 0) is 50.0 Å². The molecule has 0 unspecified atom stereocenters. The van der Waals surface area contributed by atoms with Crippen molar-refractivity contribution in [1.29, 1.82) is 0 Å². The van der Waals surface area contributed by atoms with E-state index in [1.165, 1.54) is 0 Å². The second-order valence-corrected chi connectivity index (χ2v) is 12.4. The molecule has 17 N–H and O–H groups in total. The molecule has 1 rings (SSSR count). The number of nitrogens with zero attached hydrogens (tertiary/aromatic N) is 2. The Morgan fingerprint density at radius 3 is 1.51 bits per heavy atom. The lowest BCUT2D eigenvalue weighted by atomic mass is 10.0. The van der Waals surface area contributed by atoms with E-state index in [1.54, 1.807) is 30.3 Å². The van der Waals surface area contributed by atoms with Crippen LogP contribution in [-0.2, 0) is 35.2 Å². The van der Waals surface area contributed by atoms with Gasteiger partial charge in [0.15, 0.2) is 11.9 Å². The molecule has 0 aliphatic rings. The molecular formula is C32H54N12O7. The molecule has 0 aliphatic carbocycles. The molecule has 19 nitrogen and oxygen atoms in total. The van der Waals surface area contributed by atoms with Crippen LogP contribution in [-0.4, -0.2) is 95.8 Å². The zero-order valence-corrected chi connectivity index (χ0v) is 29.2. The average molecular weight is 719 g/mol. The van der Waals surface area contributed by atoms with E-state index in [9.17, 15) is 33.9 Å². The minimum absolute atomic E-state index is 0.0220. The summed E-state index contributed by atoms with van der Waals surface area (Å²) in [6, 6.07) is 2.44. The molecule has 0 aliphatic heterocycles. The summed E-state index contributed by atoms with van der Waals surface area (Å²) in [5, 5.41) is 20.0. The van der Waals surface area contributed by atoms with Crippen molar-refractivity contribution < 1.29 is 33.9 Å². The molecular weight excluding hydrogens is 664 g/mol. The highest BCUT2D eigenvalue weighted by molar-refractivity contribution is 5.95. The van der Waals surface area contributed by atoms with E-state index in [0.29, 0.717) is 12.0 Å². The molecule has 51 heavy (non-hydrogen) atoms. The number of amides is 5. The molecule has 5 atom stereocenters. The Kier molecular flexibility index (Phi) is 19.7. The number of nitrogens with one attached hydrogen (secondary N) is 4. The van der Waals surface area contributed by atoms with E-state index < -0.39 is 65.7 Å². The minimum atomic E-state index is -1.41. The van der Waals surface area contributed by atoms with E-state index in [1.807, 2.05) is 13.8 Å². The summed E-state index contributed by atoms with van der Waals surface area (Å²) in [4.78, 5) is 85.1. The Balaban J connectivity index is 3.30. The third-order valence-electron chi connectivity index (χ3n) is 7.43. The van der Waals surface area contributed by atoms with Crippen molar-refractivity contribution in [3.8, 4) is 0 Å². The van der Waals surface area contributed by atoms with Crippen molar-refractivity contribution in [3.63, 3.8) is 0 Å². The van der Waals surface area contributed by atoms with Gasteiger partial charge >= 0.3 is 5.97 Å². The van der Waals surface area contributed by atoms with Crippen LogP contribution in [0.5, 0.6) is 0 Å². The number of carbonyl (C=O) groups excluding carboxylic acids is 5. The monoisotopic (exact) mass is 718 g/mol. The van der Waals surface area contributed by atoms with Crippen LogP contribution in [0.25, 0.3) is 0 Å². The van der Waals surface area contributed by atoms with Crippen molar-refractivity contribution in [2.75, 3.05) is 13.1 Å². The Labute approximate surface area is 297 Å². The van der Waals surface area contributed by atoms with Gasteiger partial charge in [0.1, 0.15) is 24.2 Å². The van der Waals surface area contributed by atoms with Crippen LogP contribution < -0.4 is 55.7 Å². The van der Waals surface area contributed by atoms with Crippen LogP contribution >= 0.6 is 0 Å². The number of carboxylic acids is 1. The predicted octanol–water partition coefficient (Wildman–Crippen LogP) is -3.00. The molecule has 0 saturated carbocycles. The number of hydrogen-bond donors (Lipinski definition) is 11. The first kappa shape index (κ1) is 43.6. The summed E-state index contributed by atoms with van der Waals surface area (Å²) in [5.74, 6) is -5.37. The molecule has 0 bridgehead atoms. The SMILES string of the molecule is CC(C)C[C@H](N)C(=O)N[C@@H](CCCN=C(N)N)C(=O)N[C@@H](CCCN=C(N)N)C(=O)N[C@@H](CCC(N)=O)C(=O)N[C@@H](Cc1ccccc1)C(=O)O. The molecule has 1 aromatic carbocycles. The molecule has 0 spiro atoms. The highest BCUT2D eigenvalue weighted by Crippen LogP contribution is 2.09. The largest absolute Gasteiger partial charge is 0.480 e. The first-order valence-electron chi connectivity index (χ1n) is 16.6. The second kappa shape index (κ2) is 23.0. The second-order valence-electron chi connectivity index (χ2n) is 12.4. The van der Waals surface area contributed by atoms with Gasteiger partial charge in [-0.25, -0.2) is 4.79 Å².